The van der Waals surface area contributed by atoms with Gasteiger partial charge in [-0.2, -0.15) is 0 Å². The first-order chi connectivity index (χ1) is 5.27. The zero-order valence-electron chi connectivity index (χ0n) is 7.26. The molecule has 11 heavy (non-hydrogen) atoms. The molecule has 1 aliphatic rings. The van der Waals surface area contributed by atoms with Crippen molar-refractivity contribution in [2.75, 3.05) is 32.0 Å². The number of hydrogen-bond donors (Lipinski definition) is 0. The molecule has 0 aromatic rings. The molecule has 2 nitrogen and oxygen atoms in total. The van der Waals surface area contributed by atoms with Crippen molar-refractivity contribution in [3.8, 4) is 0 Å². The van der Waals surface area contributed by atoms with Crippen molar-refractivity contribution < 1.29 is 9.47 Å². The van der Waals surface area contributed by atoms with Gasteiger partial charge in [0.2, 0.25) is 0 Å². The van der Waals surface area contributed by atoms with Gasteiger partial charge in [-0.05, 0) is 12.7 Å². The molecule has 0 aromatic heterocycles. The molecule has 0 aromatic carbocycles. The summed E-state index contributed by atoms with van der Waals surface area (Å²) in [7, 11) is 0. The molecule has 1 aliphatic heterocycles. The fraction of sp³-hybridized carbons (Fsp3) is 1.00. The highest BCUT2D eigenvalue weighted by molar-refractivity contribution is 7.98. The lowest BCUT2D eigenvalue weighted by Crippen LogP contribution is -2.23. The molecule has 0 saturated carbocycles. The first-order valence-corrected chi connectivity index (χ1v) is 5.31. The Labute approximate surface area is 72.6 Å². The normalized spacial score (nSPS) is 31.1. The second kappa shape index (κ2) is 4.33. The van der Waals surface area contributed by atoms with Gasteiger partial charge in [-0.1, -0.05) is 6.92 Å². The van der Waals surface area contributed by atoms with Crippen molar-refractivity contribution in [2.24, 2.45) is 5.41 Å². The summed E-state index contributed by atoms with van der Waals surface area (Å²) in [5, 5.41) is 0. The van der Waals surface area contributed by atoms with Crippen molar-refractivity contribution >= 4 is 11.8 Å². The molecule has 1 heterocycles. The van der Waals surface area contributed by atoms with E-state index in [1.807, 2.05) is 6.26 Å². The summed E-state index contributed by atoms with van der Waals surface area (Å²) in [5.74, 6) is 0.801. The maximum Gasteiger partial charge on any atom is 0.0918 e. The van der Waals surface area contributed by atoms with Gasteiger partial charge in [0, 0.05) is 12.0 Å². The minimum absolute atomic E-state index is 0.287. The molecule has 3 heteroatoms. The molecule has 1 fully saturated rings. The fourth-order valence-electron chi connectivity index (χ4n) is 1.19. The summed E-state index contributed by atoms with van der Waals surface area (Å²) in [5.41, 5.74) is 0.287. The fourth-order valence-corrected chi connectivity index (χ4v) is 1.44. The summed E-state index contributed by atoms with van der Waals surface area (Å²) in [6.45, 7) is 4.83. The average molecular weight is 176 g/mol. The monoisotopic (exact) mass is 176 g/mol. The van der Waals surface area contributed by atoms with Gasteiger partial charge >= 0.3 is 0 Å². The van der Waals surface area contributed by atoms with Gasteiger partial charge in [-0.25, -0.2) is 0 Å². The van der Waals surface area contributed by atoms with Crippen LogP contribution < -0.4 is 0 Å². The third-order valence-corrected chi connectivity index (χ3v) is 2.35. The molecular weight excluding hydrogens is 160 g/mol. The average Bonchev–Trinajstić information content (AvgIpc) is 2.38. The smallest absolute Gasteiger partial charge is 0.0918 e. The van der Waals surface area contributed by atoms with E-state index < -0.39 is 0 Å². The molecule has 1 saturated heterocycles. The molecule has 0 spiro atoms. The van der Waals surface area contributed by atoms with Gasteiger partial charge in [-0.3, -0.25) is 0 Å². The zero-order chi connectivity index (χ0) is 8.16. The van der Waals surface area contributed by atoms with Crippen LogP contribution in [0, 0.1) is 5.41 Å². The van der Waals surface area contributed by atoms with Gasteiger partial charge in [0.15, 0.2) is 0 Å². The van der Waals surface area contributed by atoms with Crippen LogP contribution in [0.2, 0.25) is 0 Å². The lowest BCUT2D eigenvalue weighted by molar-refractivity contribution is 0.0678. The third kappa shape index (κ3) is 3.01. The quantitative estimate of drug-likeness (QED) is 0.480. The van der Waals surface area contributed by atoms with Crippen molar-refractivity contribution in [3.05, 3.63) is 0 Å². The predicted molar refractivity (Wildman–Crippen MR) is 47.9 cm³/mol. The van der Waals surface area contributed by atoms with Crippen molar-refractivity contribution in [1.29, 1.82) is 0 Å². The molecule has 1 atom stereocenters. The summed E-state index contributed by atoms with van der Waals surface area (Å²) in [4.78, 5) is 0. The van der Waals surface area contributed by atoms with Crippen LogP contribution in [0.15, 0.2) is 0 Å². The lowest BCUT2D eigenvalue weighted by Gasteiger charge is -2.20. The molecule has 0 radical (unpaired) electrons. The second-order valence-electron chi connectivity index (χ2n) is 3.37. The van der Waals surface area contributed by atoms with E-state index in [1.54, 1.807) is 11.8 Å². The third-order valence-electron chi connectivity index (χ3n) is 1.95. The van der Waals surface area contributed by atoms with E-state index in [1.165, 1.54) is 0 Å². The van der Waals surface area contributed by atoms with Gasteiger partial charge in [0.05, 0.1) is 19.2 Å². The summed E-state index contributed by atoms with van der Waals surface area (Å²) in [6.07, 6.45) is 3.19. The standard InChI is InChI=1S/C8H16O2S/c1-8(3-4-9-5-8)6-10-7-11-2/h3-7H2,1-2H3. The highest BCUT2D eigenvalue weighted by Gasteiger charge is 2.29. The number of hydrogen-bond acceptors (Lipinski definition) is 3. The first-order valence-electron chi connectivity index (χ1n) is 3.91. The maximum absolute atomic E-state index is 5.45. The maximum atomic E-state index is 5.45. The van der Waals surface area contributed by atoms with Crippen LogP contribution in [0.25, 0.3) is 0 Å². The Morgan fingerprint density at radius 2 is 2.45 bits per heavy atom. The van der Waals surface area contributed by atoms with E-state index in [9.17, 15) is 0 Å². The predicted octanol–water partition coefficient (Wildman–Crippen LogP) is 1.75. The van der Waals surface area contributed by atoms with Crippen LogP contribution >= 0.6 is 11.8 Å². The van der Waals surface area contributed by atoms with Gasteiger partial charge in [-0.15, -0.1) is 11.8 Å². The number of thioether (sulfide) groups is 1. The SMILES string of the molecule is CSCOCC1(C)CCOC1. The molecule has 66 valence electrons. The summed E-state index contributed by atoms with van der Waals surface area (Å²) < 4.78 is 10.8. The molecule has 1 rings (SSSR count). The number of ether oxygens (including phenoxy) is 2. The van der Waals surface area contributed by atoms with Crippen molar-refractivity contribution in [3.63, 3.8) is 0 Å². The zero-order valence-corrected chi connectivity index (χ0v) is 8.08. The first kappa shape index (κ1) is 9.36. The molecular formula is C8H16O2S. The van der Waals surface area contributed by atoms with E-state index in [0.717, 1.165) is 32.2 Å². The van der Waals surface area contributed by atoms with E-state index in [-0.39, 0.29) is 5.41 Å². The van der Waals surface area contributed by atoms with Gasteiger partial charge < -0.3 is 9.47 Å². The molecule has 0 aliphatic carbocycles. The van der Waals surface area contributed by atoms with Crippen molar-refractivity contribution in [1.82, 2.24) is 0 Å². The van der Waals surface area contributed by atoms with E-state index in [4.69, 9.17) is 9.47 Å². The minimum Gasteiger partial charge on any atom is -0.381 e. The Kier molecular flexibility index (Phi) is 3.69. The van der Waals surface area contributed by atoms with Crippen LogP contribution in [-0.4, -0.2) is 32.0 Å². The number of rotatable bonds is 4. The molecule has 0 N–H and O–H groups in total. The topological polar surface area (TPSA) is 18.5 Å². The molecule has 0 bridgehead atoms. The highest BCUT2D eigenvalue weighted by Crippen LogP contribution is 2.27. The largest absolute Gasteiger partial charge is 0.381 e. The van der Waals surface area contributed by atoms with E-state index in [0.29, 0.717) is 0 Å². The van der Waals surface area contributed by atoms with Crippen LogP contribution in [-0.2, 0) is 9.47 Å². The molecule has 0 amide bonds. The Morgan fingerprint density at radius 3 is 3.00 bits per heavy atom. The van der Waals surface area contributed by atoms with Crippen LogP contribution in [0.5, 0.6) is 0 Å². The van der Waals surface area contributed by atoms with Crippen LogP contribution in [0.4, 0.5) is 0 Å². The van der Waals surface area contributed by atoms with Crippen molar-refractivity contribution in [2.45, 2.75) is 13.3 Å². The van der Waals surface area contributed by atoms with Crippen LogP contribution in [0.1, 0.15) is 13.3 Å². The van der Waals surface area contributed by atoms with Gasteiger partial charge in [0.1, 0.15) is 0 Å². The Morgan fingerprint density at radius 1 is 1.64 bits per heavy atom. The highest BCUT2D eigenvalue weighted by atomic mass is 32.2. The lowest BCUT2D eigenvalue weighted by atomic mass is 9.91. The Hall–Kier alpha value is 0.270. The summed E-state index contributed by atoms with van der Waals surface area (Å²) >= 11 is 1.72. The van der Waals surface area contributed by atoms with E-state index >= 15 is 0 Å². The summed E-state index contributed by atoms with van der Waals surface area (Å²) in [6, 6.07) is 0. The minimum atomic E-state index is 0.287. The second-order valence-corrected chi connectivity index (χ2v) is 4.18. The molecule has 1 unspecified atom stereocenters. The van der Waals surface area contributed by atoms with Crippen LogP contribution in [0.3, 0.4) is 0 Å². The van der Waals surface area contributed by atoms with E-state index in [2.05, 4.69) is 6.92 Å². The van der Waals surface area contributed by atoms with Gasteiger partial charge in [0.25, 0.3) is 0 Å². The Bertz CT molecular complexity index is 111. The Balaban J connectivity index is 2.13.